The first kappa shape index (κ1) is 24.7. The van der Waals surface area contributed by atoms with Crippen molar-refractivity contribution >= 4 is 18.0 Å². The molecule has 2 amide bonds. The van der Waals surface area contributed by atoms with Crippen molar-refractivity contribution in [3.63, 3.8) is 0 Å². The second-order valence-corrected chi connectivity index (χ2v) is 8.03. The van der Waals surface area contributed by atoms with Gasteiger partial charge in [0.05, 0.1) is 30.7 Å². The Hall–Kier alpha value is -2.94. The molecule has 3 rings (SSSR count). The van der Waals surface area contributed by atoms with Crippen molar-refractivity contribution in [3.05, 3.63) is 46.9 Å². The van der Waals surface area contributed by atoms with Gasteiger partial charge >= 0.3 is 18.0 Å². The van der Waals surface area contributed by atoms with E-state index in [0.29, 0.717) is 51.3 Å². The minimum absolute atomic E-state index is 0.150. The molecule has 1 N–H and O–H groups in total. The Balaban J connectivity index is 1.94. The van der Waals surface area contributed by atoms with Crippen LogP contribution in [0.25, 0.3) is 0 Å². The van der Waals surface area contributed by atoms with Crippen LogP contribution in [0.3, 0.4) is 0 Å². The first-order valence-corrected chi connectivity index (χ1v) is 11.5. The smallest absolute Gasteiger partial charge is 0.338 e. The second kappa shape index (κ2) is 11.3. The van der Waals surface area contributed by atoms with Gasteiger partial charge in [-0.1, -0.05) is 18.2 Å². The van der Waals surface area contributed by atoms with E-state index in [9.17, 15) is 18.8 Å². The molecule has 0 aromatic heterocycles. The van der Waals surface area contributed by atoms with Gasteiger partial charge in [0.25, 0.3) is 0 Å². The molecule has 0 saturated carbocycles. The SMILES string of the molecule is CCOC(=O)C1=C(CN2CCC(C(=O)OCC)CC2)N(CC)C(=O)N[C@@H]1c1ccccc1F. The highest BCUT2D eigenvalue weighted by Crippen LogP contribution is 2.33. The second-order valence-electron chi connectivity index (χ2n) is 8.03. The van der Waals surface area contributed by atoms with E-state index in [1.807, 2.05) is 6.92 Å². The minimum atomic E-state index is -0.951. The van der Waals surface area contributed by atoms with Crippen LogP contribution in [0.4, 0.5) is 9.18 Å². The number of nitrogens with one attached hydrogen (secondary N) is 1. The number of ether oxygens (including phenoxy) is 2. The van der Waals surface area contributed by atoms with E-state index in [-0.39, 0.29) is 29.6 Å². The van der Waals surface area contributed by atoms with Gasteiger partial charge in [-0.2, -0.15) is 0 Å². The number of nitrogens with zero attached hydrogens (tertiary/aromatic N) is 2. The fourth-order valence-electron chi connectivity index (χ4n) is 4.40. The van der Waals surface area contributed by atoms with Gasteiger partial charge in [0, 0.05) is 24.4 Å². The molecule has 8 nitrogen and oxygen atoms in total. The Bertz CT molecular complexity index is 911. The largest absolute Gasteiger partial charge is 0.466 e. The summed E-state index contributed by atoms with van der Waals surface area (Å²) >= 11 is 0. The molecular formula is C24H32FN3O5. The number of carbonyl (C=O) groups is 3. The van der Waals surface area contributed by atoms with E-state index >= 15 is 0 Å². The summed E-state index contributed by atoms with van der Waals surface area (Å²) < 4.78 is 25.1. The third-order valence-corrected chi connectivity index (χ3v) is 6.05. The van der Waals surface area contributed by atoms with Gasteiger partial charge in [0.2, 0.25) is 0 Å². The van der Waals surface area contributed by atoms with Crippen LogP contribution in [0.15, 0.2) is 35.5 Å². The maximum atomic E-state index is 14.7. The van der Waals surface area contributed by atoms with Crippen molar-refractivity contribution < 1.29 is 28.2 Å². The first-order valence-electron chi connectivity index (χ1n) is 11.5. The van der Waals surface area contributed by atoms with Crippen molar-refractivity contribution in [1.82, 2.24) is 15.1 Å². The monoisotopic (exact) mass is 461 g/mol. The average Bonchev–Trinajstić information content (AvgIpc) is 2.80. The maximum absolute atomic E-state index is 14.7. The number of rotatable bonds is 8. The number of esters is 2. The van der Waals surface area contributed by atoms with Crippen LogP contribution >= 0.6 is 0 Å². The molecule has 1 fully saturated rings. The highest BCUT2D eigenvalue weighted by molar-refractivity contribution is 5.95. The van der Waals surface area contributed by atoms with Crippen LogP contribution < -0.4 is 5.32 Å². The zero-order valence-corrected chi connectivity index (χ0v) is 19.4. The van der Waals surface area contributed by atoms with E-state index in [4.69, 9.17) is 9.47 Å². The van der Waals surface area contributed by atoms with Crippen LogP contribution in [-0.4, -0.2) is 67.2 Å². The van der Waals surface area contributed by atoms with E-state index < -0.39 is 23.9 Å². The number of hydrogen-bond donors (Lipinski definition) is 1. The summed E-state index contributed by atoms with van der Waals surface area (Å²) in [5.41, 5.74) is 0.946. The number of amides is 2. The number of urea groups is 1. The van der Waals surface area contributed by atoms with Gasteiger partial charge in [-0.3, -0.25) is 14.6 Å². The molecule has 33 heavy (non-hydrogen) atoms. The number of carbonyl (C=O) groups excluding carboxylic acids is 3. The van der Waals surface area contributed by atoms with Crippen LogP contribution in [-0.2, 0) is 19.1 Å². The van der Waals surface area contributed by atoms with Crippen LogP contribution in [0.5, 0.6) is 0 Å². The Labute approximate surface area is 193 Å². The number of likely N-dealkylation sites (tertiary alicyclic amines) is 1. The Kier molecular flexibility index (Phi) is 8.43. The molecule has 1 aromatic rings. The zero-order valence-electron chi connectivity index (χ0n) is 19.4. The molecule has 2 aliphatic rings. The minimum Gasteiger partial charge on any atom is -0.466 e. The summed E-state index contributed by atoms with van der Waals surface area (Å²) in [5, 5.41) is 2.78. The lowest BCUT2D eigenvalue weighted by atomic mass is 9.92. The van der Waals surface area contributed by atoms with Crippen molar-refractivity contribution in [2.75, 3.05) is 39.4 Å². The van der Waals surface area contributed by atoms with E-state index in [1.165, 1.54) is 11.0 Å². The number of halogens is 1. The molecule has 9 heteroatoms. The number of piperidine rings is 1. The Morgan fingerprint density at radius 2 is 1.76 bits per heavy atom. The molecule has 0 aliphatic carbocycles. The lowest BCUT2D eigenvalue weighted by Crippen LogP contribution is -2.51. The van der Waals surface area contributed by atoms with Crippen molar-refractivity contribution in [2.45, 2.75) is 39.7 Å². The van der Waals surface area contributed by atoms with Gasteiger partial charge in [-0.25, -0.2) is 14.0 Å². The molecule has 0 bridgehead atoms. The van der Waals surface area contributed by atoms with Gasteiger partial charge in [-0.05, 0) is 52.8 Å². The van der Waals surface area contributed by atoms with Gasteiger partial charge in [0.1, 0.15) is 5.82 Å². The number of hydrogen-bond acceptors (Lipinski definition) is 6. The van der Waals surface area contributed by atoms with Crippen molar-refractivity contribution in [3.8, 4) is 0 Å². The highest BCUT2D eigenvalue weighted by atomic mass is 19.1. The summed E-state index contributed by atoms with van der Waals surface area (Å²) in [6, 6.07) is 4.74. The fourth-order valence-corrected chi connectivity index (χ4v) is 4.40. The summed E-state index contributed by atoms with van der Waals surface area (Å²) in [6.07, 6.45) is 1.27. The predicted molar refractivity (Wildman–Crippen MR) is 120 cm³/mol. The van der Waals surface area contributed by atoms with Gasteiger partial charge < -0.3 is 14.8 Å². The van der Waals surface area contributed by atoms with Crippen LogP contribution in [0.2, 0.25) is 0 Å². The normalized spacial score (nSPS) is 19.9. The predicted octanol–water partition coefficient (Wildman–Crippen LogP) is 3.00. The third kappa shape index (κ3) is 5.52. The molecule has 1 saturated heterocycles. The van der Waals surface area contributed by atoms with E-state index in [1.54, 1.807) is 32.0 Å². The lowest BCUT2D eigenvalue weighted by Gasteiger charge is -2.39. The fraction of sp³-hybridized carbons (Fsp3) is 0.542. The topological polar surface area (TPSA) is 88.2 Å². The van der Waals surface area contributed by atoms with E-state index in [2.05, 4.69) is 10.2 Å². The number of benzene rings is 1. The lowest BCUT2D eigenvalue weighted by molar-refractivity contribution is -0.149. The molecule has 180 valence electrons. The van der Waals surface area contributed by atoms with Crippen molar-refractivity contribution in [1.29, 1.82) is 0 Å². The first-order chi connectivity index (χ1) is 15.9. The molecule has 1 aromatic carbocycles. The molecule has 1 atom stereocenters. The van der Waals surface area contributed by atoms with Gasteiger partial charge in [0.15, 0.2) is 0 Å². The molecule has 0 radical (unpaired) electrons. The molecular weight excluding hydrogens is 429 g/mol. The Morgan fingerprint density at radius 1 is 1.09 bits per heavy atom. The van der Waals surface area contributed by atoms with Gasteiger partial charge in [-0.15, -0.1) is 0 Å². The maximum Gasteiger partial charge on any atom is 0.338 e. The summed E-state index contributed by atoms with van der Waals surface area (Å²) in [6.45, 7) is 7.71. The highest BCUT2D eigenvalue weighted by Gasteiger charge is 2.39. The summed E-state index contributed by atoms with van der Waals surface area (Å²) in [7, 11) is 0. The molecule has 2 heterocycles. The van der Waals surface area contributed by atoms with Crippen LogP contribution in [0.1, 0.15) is 45.2 Å². The van der Waals surface area contributed by atoms with Crippen molar-refractivity contribution in [2.24, 2.45) is 5.92 Å². The average molecular weight is 462 g/mol. The standard InChI is InChI=1S/C24H32FN3O5/c1-4-28-19(15-27-13-11-16(12-14-27)22(29)32-5-2)20(23(30)33-6-3)21(26-24(28)31)17-9-7-8-10-18(17)25/h7-10,16,21H,4-6,11-15H2,1-3H3,(H,26,31)/t21-/m1/s1. The number of likely N-dealkylation sites (N-methyl/N-ethyl adjacent to an activating group) is 1. The van der Waals surface area contributed by atoms with E-state index in [0.717, 1.165) is 0 Å². The quantitative estimate of drug-likeness (QED) is 0.599. The zero-order chi connectivity index (χ0) is 24.0. The summed E-state index contributed by atoms with van der Waals surface area (Å²) in [5.74, 6) is -1.43. The molecule has 0 spiro atoms. The summed E-state index contributed by atoms with van der Waals surface area (Å²) in [4.78, 5) is 41.7. The molecule has 0 unspecified atom stereocenters. The molecule has 2 aliphatic heterocycles. The third-order valence-electron chi connectivity index (χ3n) is 6.05. The van der Waals surface area contributed by atoms with Crippen LogP contribution in [0, 0.1) is 11.7 Å². The Morgan fingerprint density at radius 3 is 2.36 bits per heavy atom.